The van der Waals surface area contributed by atoms with Gasteiger partial charge >= 0.3 is 0 Å². The summed E-state index contributed by atoms with van der Waals surface area (Å²) in [5.41, 5.74) is 3.04. The summed E-state index contributed by atoms with van der Waals surface area (Å²) in [4.78, 5) is 8.64. The van der Waals surface area contributed by atoms with Crippen LogP contribution in [-0.4, -0.2) is 31.8 Å². The number of aryl methyl sites for hydroxylation is 1. The van der Waals surface area contributed by atoms with E-state index in [0.29, 0.717) is 17.3 Å². The van der Waals surface area contributed by atoms with Crippen molar-refractivity contribution in [2.24, 2.45) is 0 Å². The van der Waals surface area contributed by atoms with Crippen LogP contribution in [0.25, 0.3) is 17.1 Å². The van der Waals surface area contributed by atoms with Crippen molar-refractivity contribution < 1.29 is 13.5 Å². The van der Waals surface area contributed by atoms with E-state index in [0.717, 1.165) is 11.3 Å². The fourth-order valence-corrected chi connectivity index (χ4v) is 3.11. The molecule has 158 valence electrons. The first-order valence-corrected chi connectivity index (χ1v) is 9.56. The number of anilines is 1. The van der Waals surface area contributed by atoms with Crippen LogP contribution < -0.4 is 10.1 Å². The number of rotatable bonds is 6. The van der Waals surface area contributed by atoms with E-state index in [1.54, 1.807) is 35.2 Å². The third kappa shape index (κ3) is 4.35. The van der Waals surface area contributed by atoms with Gasteiger partial charge in [0.1, 0.15) is 17.2 Å². The van der Waals surface area contributed by atoms with Crippen molar-refractivity contribution in [3.8, 4) is 23.0 Å². The number of hydrogen-bond acceptors (Lipinski definition) is 6. The number of methoxy groups -OCH3 is 1. The summed E-state index contributed by atoms with van der Waals surface area (Å²) in [7, 11) is 1.51. The zero-order valence-electron chi connectivity index (χ0n) is 17.2. The molecule has 0 spiro atoms. The first-order chi connectivity index (χ1) is 14.9. The van der Waals surface area contributed by atoms with Crippen molar-refractivity contribution >= 4 is 5.82 Å². The number of nitrogens with one attached hydrogen (secondary N) is 1. The molecular formula is C22H20F2N6O. The second-order valence-electron chi connectivity index (χ2n) is 6.99. The molecule has 0 fully saturated rings. The standard InChI is InChI=1S/C22H20F2N6O/c1-13-11-30(12-25-13)20-9-8-18(27-22(20)31-3)19-10-17(24)21(29-28-19)26-14(2)15-4-6-16(23)7-5-15/h4-12,14H,1-3H3,(H,26,29)/t14-/m0/s1. The Morgan fingerprint density at radius 2 is 1.81 bits per heavy atom. The normalized spacial score (nSPS) is 11.9. The smallest absolute Gasteiger partial charge is 0.238 e. The number of hydrogen-bond donors (Lipinski definition) is 1. The molecule has 0 aliphatic heterocycles. The summed E-state index contributed by atoms with van der Waals surface area (Å²) in [6.45, 7) is 3.71. The fourth-order valence-electron chi connectivity index (χ4n) is 3.11. The molecule has 3 heterocycles. The van der Waals surface area contributed by atoms with Gasteiger partial charge in [0.2, 0.25) is 5.88 Å². The Morgan fingerprint density at radius 3 is 2.45 bits per heavy atom. The Labute approximate surface area is 177 Å². The highest BCUT2D eigenvalue weighted by molar-refractivity contribution is 5.59. The summed E-state index contributed by atoms with van der Waals surface area (Å²) >= 11 is 0. The van der Waals surface area contributed by atoms with Crippen LogP contribution in [0.2, 0.25) is 0 Å². The molecule has 0 bridgehead atoms. The van der Waals surface area contributed by atoms with Gasteiger partial charge in [0.15, 0.2) is 11.6 Å². The molecule has 0 amide bonds. The Morgan fingerprint density at radius 1 is 1.03 bits per heavy atom. The molecule has 9 heteroatoms. The first kappa shape index (κ1) is 20.4. The molecule has 0 radical (unpaired) electrons. The monoisotopic (exact) mass is 422 g/mol. The zero-order valence-corrected chi connectivity index (χ0v) is 17.2. The lowest BCUT2D eigenvalue weighted by atomic mass is 10.1. The van der Waals surface area contributed by atoms with E-state index < -0.39 is 5.82 Å². The average Bonchev–Trinajstić information content (AvgIpc) is 3.21. The van der Waals surface area contributed by atoms with E-state index in [9.17, 15) is 8.78 Å². The molecule has 0 unspecified atom stereocenters. The predicted molar refractivity (Wildman–Crippen MR) is 112 cm³/mol. The summed E-state index contributed by atoms with van der Waals surface area (Å²) in [6.07, 6.45) is 3.51. The van der Waals surface area contributed by atoms with Gasteiger partial charge in [0, 0.05) is 12.3 Å². The van der Waals surface area contributed by atoms with E-state index in [1.165, 1.54) is 25.3 Å². The molecule has 1 atom stereocenters. The summed E-state index contributed by atoms with van der Waals surface area (Å²) in [5.74, 6) is -0.556. The van der Waals surface area contributed by atoms with Gasteiger partial charge in [-0.25, -0.2) is 18.7 Å². The molecule has 0 aliphatic rings. The van der Waals surface area contributed by atoms with E-state index in [4.69, 9.17) is 4.74 Å². The van der Waals surface area contributed by atoms with E-state index in [1.807, 2.05) is 20.0 Å². The number of imidazole rings is 1. The number of pyridine rings is 1. The van der Waals surface area contributed by atoms with E-state index >= 15 is 0 Å². The quantitative estimate of drug-likeness (QED) is 0.493. The number of benzene rings is 1. The van der Waals surface area contributed by atoms with Crippen LogP contribution >= 0.6 is 0 Å². The van der Waals surface area contributed by atoms with Crippen LogP contribution in [0.3, 0.4) is 0 Å². The van der Waals surface area contributed by atoms with Gasteiger partial charge in [0.25, 0.3) is 0 Å². The van der Waals surface area contributed by atoms with Gasteiger partial charge in [0.05, 0.1) is 30.9 Å². The van der Waals surface area contributed by atoms with Gasteiger partial charge < -0.3 is 14.6 Å². The van der Waals surface area contributed by atoms with Crippen LogP contribution in [-0.2, 0) is 0 Å². The Balaban J connectivity index is 1.58. The van der Waals surface area contributed by atoms with Crippen molar-refractivity contribution in [2.45, 2.75) is 19.9 Å². The van der Waals surface area contributed by atoms with Crippen molar-refractivity contribution in [3.05, 3.63) is 77.9 Å². The molecule has 31 heavy (non-hydrogen) atoms. The summed E-state index contributed by atoms with van der Waals surface area (Å²) < 4.78 is 35.0. The average molecular weight is 422 g/mol. The number of halogens is 2. The maximum Gasteiger partial charge on any atom is 0.238 e. The Bertz CT molecular complexity index is 1210. The van der Waals surface area contributed by atoms with Gasteiger partial charge in [-0.1, -0.05) is 12.1 Å². The maximum absolute atomic E-state index is 14.7. The Hall–Kier alpha value is -3.88. The second-order valence-corrected chi connectivity index (χ2v) is 6.99. The van der Waals surface area contributed by atoms with Gasteiger partial charge in [-0.05, 0) is 43.7 Å². The topological polar surface area (TPSA) is 77.8 Å². The minimum absolute atomic E-state index is 0.00180. The van der Waals surface area contributed by atoms with Crippen LogP contribution in [0, 0.1) is 18.6 Å². The second kappa shape index (κ2) is 8.47. The molecule has 3 aromatic heterocycles. The fraction of sp³-hybridized carbons (Fsp3) is 0.182. The van der Waals surface area contributed by atoms with Crippen LogP contribution in [0.4, 0.5) is 14.6 Å². The number of aromatic nitrogens is 5. The minimum atomic E-state index is -0.575. The lowest BCUT2D eigenvalue weighted by Gasteiger charge is -2.15. The molecular weight excluding hydrogens is 402 g/mol. The van der Waals surface area contributed by atoms with Crippen molar-refractivity contribution in [2.75, 3.05) is 12.4 Å². The minimum Gasteiger partial charge on any atom is -0.479 e. The van der Waals surface area contributed by atoms with Gasteiger partial charge in [-0.2, -0.15) is 0 Å². The van der Waals surface area contributed by atoms with Crippen molar-refractivity contribution in [1.29, 1.82) is 0 Å². The maximum atomic E-state index is 14.7. The SMILES string of the molecule is COc1nc(-c2cc(F)c(N[C@@H](C)c3ccc(F)cc3)nn2)ccc1-n1cnc(C)c1. The first-order valence-electron chi connectivity index (χ1n) is 9.56. The summed E-state index contributed by atoms with van der Waals surface area (Å²) in [5, 5.41) is 11.0. The molecule has 4 rings (SSSR count). The molecule has 0 saturated heterocycles. The predicted octanol–water partition coefficient (Wildman–Crippen LogP) is 4.49. The number of ether oxygens (including phenoxy) is 1. The van der Waals surface area contributed by atoms with Gasteiger partial charge in [-0.15, -0.1) is 10.2 Å². The van der Waals surface area contributed by atoms with Crippen LogP contribution in [0.1, 0.15) is 24.2 Å². The summed E-state index contributed by atoms with van der Waals surface area (Å²) in [6, 6.07) is 10.5. The van der Waals surface area contributed by atoms with Crippen molar-refractivity contribution in [3.63, 3.8) is 0 Å². The number of nitrogens with zero attached hydrogens (tertiary/aromatic N) is 5. The molecule has 0 saturated carbocycles. The zero-order chi connectivity index (χ0) is 22.0. The molecule has 1 N–H and O–H groups in total. The third-order valence-corrected chi connectivity index (χ3v) is 4.76. The van der Waals surface area contributed by atoms with Crippen LogP contribution in [0.5, 0.6) is 5.88 Å². The van der Waals surface area contributed by atoms with E-state index in [2.05, 4.69) is 25.5 Å². The van der Waals surface area contributed by atoms with Gasteiger partial charge in [-0.3, -0.25) is 0 Å². The lowest BCUT2D eigenvalue weighted by Crippen LogP contribution is -2.10. The Kier molecular flexibility index (Phi) is 5.57. The third-order valence-electron chi connectivity index (χ3n) is 4.76. The molecule has 0 aliphatic carbocycles. The van der Waals surface area contributed by atoms with E-state index in [-0.39, 0.29) is 23.4 Å². The lowest BCUT2D eigenvalue weighted by molar-refractivity contribution is 0.396. The highest BCUT2D eigenvalue weighted by atomic mass is 19.1. The van der Waals surface area contributed by atoms with Crippen LogP contribution in [0.15, 0.2) is 55.0 Å². The molecule has 1 aromatic carbocycles. The highest BCUT2D eigenvalue weighted by Gasteiger charge is 2.15. The highest BCUT2D eigenvalue weighted by Crippen LogP contribution is 2.27. The molecule has 7 nitrogen and oxygen atoms in total. The largest absolute Gasteiger partial charge is 0.479 e. The molecule has 4 aromatic rings. The van der Waals surface area contributed by atoms with Crippen molar-refractivity contribution in [1.82, 2.24) is 24.7 Å².